The summed E-state index contributed by atoms with van der Waals surface area (Å²) in [4.78, 5) is 4.10. The standard InChI is InChI=1S/C15H17NO3/c1-11(18)13-6-8-16-15(10-13)19-14-4-2-12(3-5-14)7-9-17/h2-6,8,10-11,17-18H,7,9H2,1H3. The summed E-state index contributed by atoms with van der Waals surface area (Å²) in [5.74, 6) is 1.13. The minimum atomic E-state index is -0.544. The van der Waals surface area contributed by atoms with Gasteiger partial charge in [-0.25, -0.2) is 4.98 Å². The van der Waals surface area contributed by atoms with Crippen LogP contribution in [0.2, 0.25) is 0 Å². The van der Waals surface area contributed by atoms with E-state index in [1.54, 1.807) is 25.3 Å². The largest absolute Gasteiger partial charge is 0.439 e. The molecule has 19 heavy (non-hydrogen) atoms. The Morgan fingerprint density at radius 2 is 1.95 bits per heavy atom. The lowest BCUT2D eigenvalue weighted by Gasteiger charge is -2.08. The van der Waals surface area contributed by atoms with Gasteiger partial charge in [-0.1, -0.05) is 12.1 Å². The van der Waals surface area contributed by atoms with Gasteiger partial charge in [0.05, 0.1) is 6.10 Å². The Labute approximate surface area is 112 Å². The van der Waals surface area contributed by atoms with Crippen molar-refractivity contribution in [3.05, 3.63) is 53.7 Å². The third kappa shape index (κ3) is 3.77. The van der Waals surface area contributed by atoms with Gasteiger partial charge >= 0.3 is 0 Å². The van der Waals surface area contributed by atoms with Crippen molar-refractivity contribution in [2.45, 2.75) is 19.4 Å². The van der Waals surface area contributed by atoms with E-state index in [9.17, 15) is 5.11 Å². The number of ether oxygens (including phenoxy) is 1. The number of hydrogen-bond donors (Lipinski definition) is 2. The Bertz CT molecular complexity index is 523. The van der Waals surface area contributed by atoms with Crippen molar-refractivity contribution in [3.8, 4) is 11.6 Å². The minimum Gasteiger partial charge on any atom is -0.439 e. The number of hydrogen-bond acceptors (Lipinski definition) is 4. The number of pyridine rings is 1. The van der Waals surface area contributed by atoms with Crippen molar-refractivity contribution in [3.63, 3.8) is 0 Å². The maximum atomic E-state index is 9.50. The van der Waals surface area contributed by atoms with E-state index in [4.69, 9.17) is 9.84 Å². The Balaban J connectivity index is 2.10. The number of benzene rings is 1. The second-order valence-corrected chi connectivity index (χ2v) is 4.32. The summed E-state index contributed by atoms with van der Waals surface area (Å²) >= 11 is 0. The van der Waals surface area contributed by atoms with Gasteiger partial charge in [-0.2, -0.15) is 0 Å². The van der Waals surface area contributed by atoms with E-state index in [1.165, 1.54) is 0 Å². The second kappa shape index (κ2) is 6.31. The Morgan fingerprint density at radius 1 is 1.21 bits per heavy atom. The van der Waals surface area contributed by atoms with E-state index in [1.807, 2.05) is 24.3 Å². The molecular weight excluding hydrogens is 242 g/mol. The number of aromatic nitrogens is 1. The number of nitrogens with zero attached hydrogens (tertiary/aromatic N) is 1. The molecule has 0 amide bonds. The molecule has 0 spiro atoms. The molecule has 1 heterocycles. The summed E-state index contributed by atoms with van der Waals surface area (Å²) in [5, 5.41) is 18.3. The van der Waals surface area contributed by atoms with E-state index in [-0.39, 0.29) is 6.61 Å². The van der Waals surface area contributed by atoms with Crippen molar-refractivity contribution in [1.29, 1.82) is 0 Å². The fraction of sp³-hybridized carbons (Fsp3) is 0.267. The minimum absolute atomic E-state index is 0.137. The quantitative estimate of drug-likeness (QED) is 0.865. The number of rotatable bonds is 5. The van der Waals surface area contributed by atoms with Crippen LogP contribution in [-0.2, 0) is 6.42 Å². The fourth-order valence-corrected chi connectivity index (χ4v) is 1.71. The smallest absolute Gasteiger partial charge is 0.219 e. The molecule has 1 aromatic heterocycles. The molecule has 1 unspecified atom stereocenters. The summed E-state index contributed by atoms with van der Waals surface area (Å²) in [6.45, 7) is 1.83. The summed E-state index contributed by atoms with van der Waals surface area (Å²) in [6.07, 6.45) is 1.70. The van der Waals surface area contributed by atoms with E-state index in [0.717, 1.165) is 11.1 Å². The van der Waals surface area contributed by atoms with Crippen LogP contribution < -0.4 is 4.74 Å². The van der Waals surface area contributed by atoms with Crippen LogP contribution in [0.5, 0.6) is 11.6 Å². The van der Waals surface area contributed by atoms with E-state index >= 15 is 0 Å². The zero-order valence-electron chi connectivity index (χ0n) is 10.8. The van der Waals surface area contributed by atoms with Crippen molar-refractivity contribution >= 4 is 0 Å². The Kier molecular flexibility index (Phi) is 4.49. The van der Waals surface area contributed by atoms with Gasteiger partial charge in [0.2, 0.25) is 5.88 Å². The molecule has 4 heteroatoms. The first kappa shape index (κ1) is 13.5. The first-order valence-electron chi connectivity index (χ1n) is 6.20. The predicted octanol–water partition coefficient (Wildman–Crippen LogP) is 2.46. The molecule has 2 aromatic rings. The average Bonchev–Trinajstić information content (AvgIpc) is 2.42. The third-order valence-electron chi connectivity index (χ3n) is 2.79. The summed E-state index contributed by atoms with van der Waals surface area (Å²) < 4.78 is 5.62. The molecule has 2 N–H and O–H groups in total. The van der Waals surface area contributed by atoms with Gasteiger partial charge in [0.15, 0.2) is 0 Å². The van der Waals surface area contributed by atoms with E-state index in [0.29, 0.717) is 18.1 Å². The number of aliphatic hydroxyl groups excluding tert-OH is 2. The van der Waals surface area contributed by atoms with Crippen molar-refractivity contribution in [2.24, 2.45) is 0 Å². The average molecular weight is 259 g/mol. The van der Waals surface area contributed by atoms with Crippen LogP contribution in [-0.4, -0.2) is 21.8 Å². The van der Waals surface area contributed by atoms with Gasteiger partial charge < -0.3 is 14.9 Å². The normalized spacial score (nSPS) is 12.2. The Hall–Kier alpha value is -1.91. The molecule has 0 saturated heterocycles. The van der Waals surface area contributed by atoms with Crippen LogP contribution in [0.15, 0.2) is 42.6 Å². The van der Waals surface area contributed by atoms with E-state index in [2.05, 4.69) is 4.98 Å². The van der Waals surface area contributed by atoms with Crippen LogP contribution in [0.1, 0.15) is 24.2 Å². The van der Waals surface area contributed by atoms with Crippen LogP contribution in [0.4, 0.5) is 0 Å². The van der Waals surface area contributed by atoms with Crippen LogP contribution in [0.3, 0.4) is 0 Å². The maximum absolute atomic E-state index is 9.50. The molecule has 0 saturated carbocycles. The lowest BCUT2D eigenvalue weighted by molar-refractivity contribution is 0.198. The van der Waals surface area contributed by atoms with Crippen molar-refractivity contribution in [1.82, 2.24) is 4.98 Å². The molecule has 1 aromatic carbocycles. The van der Waals surface area contributed by atoms with Crippen molar-refractivity contribution in [2.75, 3.05) is 6.61 Å². The van der Waals surface area contributed by atoms with Gasteiger partial charge in [-0.3, -0.25) is 0 Å². The highest BCUT2D eigenvalue weighted by Gasteiger charge is 2.04. The molecule has 0 radical (unpaired) electrons. The second-order valence-electron chi connectivity index (χ2n) is 4.32. The van der Waals surface area contributed by atoms with Crippen LogP contribution >= 0.6 is 0 Å². The van der Waals surface area contributed by atoms with Crippen LogP contribution in [0.25, 0.3) is 0 Å². The first-order chi connectivity index (χ1) is 9.19. The van der Waals surface area contributed by atoms with Gasteiger partial charge in [0, 0.05) is 18.9 Å². The lowest BCUT2D eigenvalue weighted by atomic mass is 10.1. The van der Waals surface area contributed by atoms with Gasteiger partial charge in [0.25, 0.3) is 0 Å². The van der Waals surface area contributed by atoms with Gasteiger partial charge in [0.1, 0.15) is 5.75 Å². The monoisotopic (exact) mass is 259 g/mol. The highest BCUT2D eigenvalue weighted by Crippen LogP contribution is 2.22. The summed E-state index contributed by atoms with van der Waals surface area (Å²) in [5.41, 5.74) is 1.82. The molecular formula is C15H17NO3. The maximum Gasteiger partial charge on any atom is 0.219 e. The SMILES string of the molecule is CC(O)c1ccnc(Oc2ccc(CCO)cc2)c1. The molecule has 2 rings (SSSR count). The molecule has 0 fully saturated rings. The first-order valence-corrected chi connectivity index (χ1v) is 6.20. The fourth-order valence-electron chi connectivity index (χ4n) is 1.71. The zero-order chi connectivity index (χ0) is 13.7. The topological polar surface area (TPSA) is 62.6 Å². The highest BCUT2D eigenvalue weighted by atomic mass is 16.5. The Morgan fingerprint density at radius 3 is 2.58 bits per heavy atom. The predicted molar refractivity (Wildman–Crippen MR) is 72.2 cm³/mol. The third-order valence-corrected chi connectivity index (χ3v) is 2.79. The molecule has 0 bridgehead atoms. The molecule has 0 aliphatic heterocycles. The molecule has 100 valence electrons. The van der Waals surface area contributed by atoms with Crippen molar-refractivity contribution < 1.29 is 14.9 Å². The highest BCUT2D eigenvalue weighted by molar-refractivity contribution is 5.32. The van der Waals surface area contributed by atoms with E-state index < -0.39 is 6.10 Å². The summed E-state index contributed by atoms with van der Waals surface area (Å²) in [7, 11) is 0. The zero-order valence-corrected chi connectivity index (χ0v) is 10.8. The molecule has 0 aliphatic carbocycles. The van der Waals surface area contributed by atoms with Crippen LogP contribution in [0, 0.1) is 0 Å². The number of aliphatic hydroxyl groups is 2. The summed E-state index contributed by atoms with van der Waals surface area (Å²) in [6, 6.07) is 11.0. The molecule has 0 aliphatic rings. The molecule has 1 atom stereocenters. The lowest BCUT2D eigenvalue weighted by Crippen LogP contribution is -1.94. The van der Waals surface area contributed by atoms with Gasteiger partial charge in [-0.15, -0.1) is 0 Å². The van der Waals surface area contributed by atoms with Gasteiger partial charge in [-0.05, 0) is 42.7 Å². The molecule has 4 nitrogen and oxygen atoms in total.